The number of nitrogens with zero attached hydrogens (tertiary/aromatic N) is 1. The highest BCUT2D eigenvalue weighted by atomic mass is 16.7. The lowest BCUT2D eigenvalue weighted by Gasteiger charge is -2.01. The van der Waals surface area contributed by atoms with Crippen LogP contribution in [-0.2, 0) is 6.42 Å². The van der Waals surface area contributed by atoms with Crippen molar-refractivity contribution in [3.8, 4) is 0 Å². The second-order valence-electron chi connectivity index (χ2n) is 4.19. The summed E-state index contributed by atoms with van der Waals surface area (Å²) >= 11 is 0. The van der Waals surface area contributed by atoms with Gasteiger partial charge in [0.2, 0.25) is 5.52 Å². The van der Waals surface area contributed by atoms with Gasteiger partial charge in [-0.1, -0.05) is 42.5 Å². The lowest BCUT2D eigenvalue weighted by atomic mass is 10.2. The van der Waals surface area contributed by atoms with Crippen molar-refractivity contribution in [2.24, 2.45) is 0 Å². The lowest BCUT2D eigenvalue weighted by molar-refractivity contribution is -0.871. The number of H-pyrrole nitrogens is 1. The summed E-state index contributed by atoms with van der Waals surface area (Å²) in [4.78, 5) is 8.92. The van der Waals surface area contributed by atoms with Gasteiger partial charge in [-0.2, -0.15) is 0 Å². The molecule has 3 rings (SSSR count). The van der Waals surface area contributed by atoms with Gasteiger partial charge in [0.15, 0.2) is 5.52 Å². The fraction of sp³-hybridized carbons (Fsp3) is 0.133. The van der Waals surface area contributed by atoms with Crippen LogP contribution >= 0.6 is 0 Å². The molecule has 0 unspecified atom stereocenters. The van der Waals surface area contributed by atoms with Crippen molar-refractivity contribution >= 4 is 11.0 Å². The molecule has 1 heterocycles. The van der Waals surface area contributed by atoms with Gasteiger partial charge in [-0.15, -0.1) is 0 Å². The number of fused-ring (bicyclic) bond motifs is 1. The molecule has 0 aliphatic heterocycles. The first-order chi connectivity index (χ1) is 8.93. The van der Waals surface area contributed by atoms with Crippen LogP contribution in [-0.4, -0.2) is 11.6 Å². The Labute approximate surface area is 106 Å². The molecule has 0 saturated carbocycles. The summed E-state index contributed by atoms with van der Waals surface area (Å²) in [5, 5.41) is 0. The third-order valence-electron chi connectivity index (χ3n) is 2.94. The van der Waals surface area contributed by atoms with Crippen molar-refractivity contribution < 1.29 is 9.57 Å². The Hall–Kier alpha value is -2.29. The molecule has 18 heavy (non-hydrogen) atoms. The van der Waals surface area contributed by atoms with E-state index < -0.39 is 0 Å². The standard InChI is InChI=1S/C15H14N2O/c1-2-6-13(7-3-1)10-11-18-17-12-16-14-8-4-5-9-15(14)17/h1-9,12H,10-11H2/p+1. The first kappa shape index (κ1) is 10.8. The average Bonchev–Trinajstić information content (AvgIpc) is 2.84. The third-order valence-corrected chi connectivity index (χ3v) is 2.94. The Morgan fingerprint density at radius 3 is 2.61 bits per heavy atom. The summed E-state index contributed by atoms with van der Waals surface area (Å²) in [7, 11) is 0. The SMILES string of the molecule is c1ccc(CCO[n+]2c[nH]c3ccccc32)cc1. The quantitative estimate of drug-likeness (QED) is 0.694. The summed E-state index contributed by atoms with van der Waals surface area (Å²) in [6.45, 7) is 0.663. The second kappa shape index (κ2) is 4.92. The lowest BCUT2D eigenvalue weighted by Crippen LogP contribution is -2.42. The van der Waals surface area contributed by atoms with E-state index in [-0.39, 0.29) is 0 Å². The molecule has 3 aromatic rings. The number of aromatic amines is 1. The molecule has 0 spiro atoms. The fourth-order valence-corrected chi connectivity index (χ4v) is 2.00. The maximum atomic E-state index is 5.75. The molecule has 0 atom stereocenters. The van der Waals surface area contributed by atoms with Gasteiger partial charge in [-0.25, -0.2) is 4.98 Å². The van der Waals surface area contributed by atoms with Crippen molar-refractivity contribution in [1.29, 1.82) is 0 Å². The minimum atomic E-state index is 0.663. The van der Waals surface area contributed by atoms with Crippen LogP contribution in [0.15, 0.2) is 60.9 Å². The van der Waals surface area contributed by atoms with Crippen molar-refractivity contribution in [3.05, 3.63) is 66.5 Å². The highest BCUT2D eigenvalue weighted by molar-refractivity contribution is 5.70. The Morgan fingerprint density at radius 2 is 1.72 bits per heavy atom. The molecule has 1 N–H and O–H groups in total. The highest BCUT2D eigenvalue weighted by Crippen LogP contribution is 2.04. The molecule has 0 aliphatic rings. The molecule has 3 heteroatoms. The first-order valence-corrected chi connectivity index (χ1v) is 6.08. The number of hydrogen-bond acceptors (Lipinski definition) is 1. The molecule has 0 aliphatic carbocycles. The van der Waals surface area contributed by atoms with Gasteiger partial charge in [0.05, 0.1) is 0 Å². The topological polar surface area (TPSA) is 28.9 Å². The number of para-hydroxylation sites is 2. The van der Waals surface area contributed by atoms with Crippen LogP contribution in [0.25, 0.3) is 11.0 Å². The fourth-order valence-electron chi connectivity index (χ4n) is 2.00. The number of imidazole rings is 1. The van der Waals surface area contributed by atoms with E-state index in [1.54, 1.807) is 4.73 Å². The van der Waals surface area contributed by atoms with E-state index in [4.69, 9.17) is 4.84 Å². The van der Waals surface area contributed by atoms with E-state index in [2.05, 4.69) is 17.1 Å². The zero-order valence-corrected chi connectivity index (χ0v) is 10.0. The third kappa shape index (κ3) is 2.20. The van der Waals surface area contributed by atoms with Crippen LogP contribution < -0.4 is 9.57 Å². The number of benzene rings is 2. The molecular formula is C15H15N2O+. The highest BCUT2D eigenvalue weighted by Gasteiger charge is 2.09. The summed E-state index contributed by atoms with van der Waals surface area (Å²) in [6, 6.07) is 18.4. The molecule has 0 radical (unpaired) electrons. The number of nitrogens with one attached hydrogen (secondary N) is 1. The predicted molar refractivity (Wildman–Crippen MR) is 70.1 cm³/mol. The van der Waals surface area contributed by atoms with Gasteiger partial charge in [0, 0.05) is 6.42 Å². The van der Waals surface area contributed by atoms with Gasteiger partial charge in [-0.05, 0) is 22.4 Å². The molecule has 90 valence electrons. The van der Waals surface area contributed by atoms with E-state index in [9.17, 15) is 0 Å². The Balaban J connectivity index is 1.67. The minimum absolute atomic E-state index is 0.663. The van der Waals surface area contributed by atoms with Crippen LogP contribution in [0, 0.1) is 0 Å². The number of hydrogen-bond donors (Lipinski definition) is 1. The van der Waals surface area contributed by atoms with E-state index >= 15 is 0 Å². The second-order valence-corrected chi connectivity index (χ2v) is 4.19. The summed E-state index contributed by atoms with van der Waals surface area (Å²) in [6.07, 6.45) is 2.75. The molecule has 3 nitrogen and oxygen atoms in total. The van der Waals surface area contributed by atoms with Crippen molar-refractivity contribution in [1.82, 2.24) is 4.98 Å². The average molecular weight is 239 g/mol. The van der Waals surface area contributed by atoms with Crippen LogP contribution in [0.5, 0.6) is 0 Å². The van der Waals surface area contributed by atoms with Gasteiger partial charge in [0.25, 0.3) is 6.33 Å². The number of rotatable bonds is 4. The van der Waals surface area contributed by atoms with Gasteiger partial charge in [-0.3, -0.25) is 0 Å². The maximum absolute atomic E-state index is 5.75. The van der Waals surface area contributed by atoms with Gasteiger partial charge >= 0.3 is 0 Å². The van der Waals surface area contributed by atoms with Gasteiger partial charge in [0.1, 0.15) is 6.61 Å². The molecule has 0 saturated heterocycles. The Bertz CT molecular complexity index is 631. The molecule has 0 fully saturated rings. The Morgan fingerprint density at radius 1 is 0.944 bits per heavy atom. The van der Waals surface area contributed by atoms with E-state index in [0.29, 0.717) is 6.61 Å². The van der Waals surface area contributed by atoms with Crippen molar-refractivity contribution in [3.63, 3.8) is 0 Å². The zero-order chi connectivity index (χ0) is 12.2. The van der Waals surface area contributed by atoms with Crippen LogP contribution in [0.4, 0.5) is 0 Å². The summed E-state index contributed by atoms with van der Waals surface area (Å²) < 4.78 is 1.79. The smallest absolute Gasteiger partial charge is 0.283 e. The first-order valence-electron chi connectivity index (χ1n) is 6.08. The molecule has 2 aromatic carbocycles. The molecule has 0 bridgehead atoms. The van der Waals surface area contributed by atoms with Crippen molar-refractivity contribution in [2.75, 3.05) is 6.61 Å². The largest absolute Gasteiger partial charge is 0.335 e. The zero-order valence-electron chi connectivity index (χ0n) is 10.0. The maximum Gasteiger partial charge on any atom is 0.283 e. The normalized spacial score (nSPS) is 10.7. The molecule has 0 amide bonds. The van der Waals surface area contributed by atoms with Gasteiger partial charge < -0.3 is 4.84 Å². The minimum Gasteiger partial charge on any atom is -0.335 e. The number of aromatic nitrogens is 2. The van der Waals surface area contributed by atoms with Crippen LogP contribution in [0.2, 0.25) is 0 Å². The monoisotopic (exact) mass is 239 g/mol. The van der Waals surface area contributed by atoms with E-state index in [0.717, 1.165) is 17.5 Å². The predicted octanol–water partition coefficient (Wildman–Crippen LogP) is 2.13. The van der Waals surface area contributed by atoms with Crippen LogP contribution in [0.1, 0.15) is 5.56 Å². The summed E-state index contributed by atoms with van der Waals surface area (Å²) in [5.74, 6) is 0. The summed E-state index contributed by atoms with van der Waals surface area (Å²) in [5.41, 5.74) is 3.43. The van der Waals surface area contributed by atoms with Crippen molar-refractivity contribution in [2.45, 2.75) is 6.42 Å². The van der Waals surface area contributed by atoms with E-state index in [1.807, 2.05) is 48.8 Å². The van der Waals surface area contributed by atoms with E-state index in [1.165, 1.54) is 5.56 Å². The van der Waals surface area contributed by atoms with Crippen LogP contribution in [0.3, 0.4) is 0 Å². The molecular weight excluding hydrogens is 224 g/mol. The Kier molecular flexibility index (Phi) is 2.96. The molecule has 1 aromatic heterocycles.